The van der Waals surface area contributed by atoms with Crippen molar-refractivity contribution in [3.05, 3.63) is 59.2 Å². The van der Waals surface area contributed by atoms with E-state index in [4.69, 9.17) is 9.72 Å². The molecule has 2 heterocycles. The summed E-state index contributed by atoms with van der Waals surface area (Å²) in [5.74, 6) is 0.635. The maximum Gasteiger partial charge on any atom is 0.416 e. The molecule has 0 bridgehead atoms. The Kier molecular flexibility index (Phi) is 9.43. The number of rotatable bonds is 7. The lowest BCUT2D eigenvalue weighted by atomic mass is 9.86. The Hall–Kier alpha value is -3.35. The van der Waals surface area contributed by atoms with Gasteiger partial charge in [-0.3, -0.25) is 4.90 Å². The van der Waals surface area contributed by atoms with E-state index < -0.39 is 23.6 Å². The predicted octanol–water partition coefficient (Wildman–Crippen LogP) is 5.93. The van der Waals surface area contributed by atoms with Crippen LogP contribution in [0.2, 0.25) is 0 Å². The molecule has 1 atom stereocenters. The second kappa shape index (κ2) is 12.9. The molecular weight excluding hydrogens is 575 g/mol. The number of aliphatic hydroxyl groups is 2. The fourth-order valence-corrected chi connectivity index (χ4v) is 6.06. The molecule has 9 nitrogen and oxygen atoms in total. The van der Waals surface area contributed by atoms with Crippen LogP contribution in [0.15, 0.2) is 42.5 Å². The van der Waals surface area contributed by atoms with Gasteiger partial charge in [0.05, 0.1) is 16.6 Å². The molecule has 1 aliphatic heterocycles. The number of carbonyl (C=O) groups excluding carboxylic acids is 1. The van der Waals surface area contributed by atoms with Gasteiger partial charge in [0, 0.05) is 50.9 Å². The number of hydrogen-bond donors (Lipinski definition) is 3. The van der Waals surface area contributed by atoms with Crippen LogP contribution >= 0.6 is 0 Å². The third-order valence-electron chi connectivity index (χ3n) is 8.42. The summed E-state index contributed by atoms with van der Waals surface area (Å²) in [5.41, 5.74) is 1.36. The summed E-state index contributed by atoms with van der Waals surface area (Å²) >= 11 is 0. The van der Waals surface area contributed by atoms with Gasteiger partial charge in [-0.1, -0.05) is 18.2 Å². The van der Waals surface area contributed by atoms with Gasteiger partial charge in [-0.25, -0.2) is 9.78 Å². The van der Waals surface area contributed by atoms with E-state index in [0.717, 1.165) is 54.4 Å². The van der Waals surface area contributed by atoms with Crippen molar-refractivity contribution in [1.29, 1.82) is 0 Å². The average Bonchev–Trinajstić information content (AvgIpc) is 3.33. The minimum Gasteiger partial charge on any atom is -0.444 e. The van der Waals surface area contributed by atoms with Crippen molar-refractivity contribution in [1.82, 2.24) is 19.4 Å². The summed E-state index contributed by atoms with van der Waals surface area (Å²) in [7, 11) is 0. The van der Waals surface area contributed by atoms with E-state index in [9.17, 15) is 28.2 Å². The smallest absolute Gasteiger partial charge is 0.416 e. The third kappa shape index (κ3) is 7.65. The quantitative estimate of drug-likeness (QED) is 0.282. The molecule has 1 unspecified atom stereocenters. The first kappa shape index (κ1) is 32.1. The van der Waals surface area contributed by atoms with Crippen LogP contribution in [0, 0.1) is 5.92 Å². The summed E-state index contributed by atoms with van der Waals surface area (Å²) in [6.45, 7) is 8.93. The molecule has 240 valence electrons. The van der Waals surface area contributed by atoms with Gasteiger partial charge in [-0.05, 0) is 82.2 Å². The van der Waals surface area contributed by atoms with Gasteiger partial charge in [0.25, 0.3) is 0 Å². The molecule has 2 fully saturated rings. The number of fused-ring (bicyclic) bond motifs is 1. The lowest BCUT2D eigenvalue weighted by Crippen LogP contribution is -2.49. The van der Waals surface area contributed by atoms with Crippen LogP contribution < -0.4 is 5.32 Å². The molecule has 12 heteroatoms. The van der Waals surface area contributed by atoms with Crippen LogP contribution in [0.4, 0.5) is 23.9 Å². The highest BCUT2D eigenvalue weighted by atomic mass is 19.4. The molecule has 1 amide bonds. The topological polar surface area (TPSA) is 103 Å². The van der Waals surface area contributed by atoms with Crippen molar-refractivity contribution in [2.45, 2.75) is 77.0 Å². The van der Waals surface area contributed by atoms with Gasteiger partial charge < -0.3 is 29.7 Å². The second-order valence-electron chi connectivity index (χ2n) is 12.9. The molecular formula is C32H42F3N5O4. The lowest BCUT2D eigenvalue weighted by molar-refractivity contribution is -0.137. The minimum absolute atomic E-state index is 0.0609. The molecule has 1 aliphatic carbocycles. The summed E-state index contributed by atoms with van der Waals surface area (Å²) < 4.78 is 47.5. The molecule has 3 N–H and O–H groups in total. The van der Waals surface area contributed by atoms with Crippen molar-refractivity contribution < 1.29 is 32.9 Å². The Morgan fingerprint density at radius 1 is 1.05 bits per heavy atom. The number of aromatic nitrogens is 2. The van der Waals surface area contributed by atoms with Crippen LogP contribution in [0.1, 0.15) is 75.4 Å². The molecule has 3 aromatic rings. The normalized spacial score (nSPS) is 21.0. The average molecular weight is 618 g/mol. The van der Waals surface area contributed by atoms with E-state index >= 15 is 0 Å². The number of halogens is 3. The zero-order valence-corrected chi connectivity index (χ0v) is 25.5. The number of aliphatic hydroxyl groups excluding tert-OH is 2. The number of benzene rings is 2. The highest BCUT2D eigenvalue weighted by Crippen LogP contribution is 2.38. The standard InChI is InChI=1S/C32H42F3N5O4/c1-31(2,3)44-30(43)39-15-13-38(14-16-39)19-22-9-12-27-26(17-22)36-29(40(27)25-10-7-21(20-41)8-11-25)37-28(42)23-5-4-6-24(18-23)32(33,34)35/h4-6,9,12,17-18,21,25,28,41-42H,7-8,10-11,13-16,19-20H2,1-3H3,(H,36,37). The number of amides is 1. The van der Waals surface area contributed by atoms with Gasteiger partial charge in [-0.15, -0.1) is 0 Å². The minimum atomic E-state index is -4.52. The van der Waals surface area contributed by atoms with Crippen molar-refractivity contribution in [2.24, 2.45) is 5.92 Å². The van der Waals surface area contributed by atoms with Crippen molar-refractivity contribution in [2.75, 3.05) is 38.1 Å². The number of imidazole rings is 1. The Balaban J connectivity index is 1.35. The van der Waals surface area contributed by atoms with Crippen LogP contribution in [0.25, 0.3) is 11.0 Å². The highest BCUT2D eigenvalue weighted by Gasteiger charge is 2.32. The van der Waals surface area contributed by atoms with Gasteiger partial charge in [0.2, 0.25) is 5.95 Å². The van der Waals surface area contributed by atoms with E-state index in [1.54, 1.807) is 4.90 Å². The number of anilines is 1. The first-order valence-electron chi connectivity index (χ1n) is 15.2. The maximum atomic E-state index is 13.3. The number of hydrogen-bond acceptors (Lipinski definition) is 7. The van der Waals surface area contributed by atoms with Crippen molar-refractivity contribution in [3.63, 3.8) is 0 Å². The van der Waals surface area contributed by atoms with Gasteiger partial charge >= 0.3 is 12.3 Å². The Morgan fingerprint density at radius 3 is 2.39 bits per heavy atom. The third-order valence-corrected chi connectivity index (χ3v) is 8.42. The first-order valence-corrected chi connectivity index (χ1v) is 15.2. The molecule has 1 saturated carbocycles. The molecule has 0 spiro atoms. The predicted molar refractivity (Wildman–Crippen MR) is 161 cm³/mol. The van der Waals surface area contributed by atoms with Crippen molar-refractivity contribution in [3.8, 4) is 0 Å². The first-order chi connectivity index (χ1) is 20.8. The number of carbonyl (C=O) groups is 1. The zero-order chi connectivity index (χ0) is 31.6. The summed E-state index contributed by atoms with van der Waals surface area (Å²) in [5, 5.41) is 23.6. The Bertz CT molecular complexity index is 1440. The monoisotopic (exact) mass is 617 g/mol. The van der Waals surface area contributed by atoms with Crippen LogP contribution in [0.5, 0.6) is 0 Å². The second-order valence-corrected chi connectivity index (χ2v) is 12.9. The molecule has 1 aromatic heterocycles. The molecule has 2 aromatic carbocycles. The number of nitrogens with one attached hydrogen (secondary N) is 1. The maximum absolute atomic E-state index is 13.3. The van der Waals surface area contributed by atoms with E-state index in [2.05, 4.69) is 10.2 Å². The Morgan fingerprint density at radius 2 is 1.75 bits per heavy atom. The summed E-state index contributed by atoms with van der Waals surface area (Å²) in [4.78, 5) is 21.3. The van der Waals surface area contributed by atoms with Crippen molar-refractivity contribution >= 4 is 23.1 Å². The number of alkyl halides is 3. The number of piperazine rings is 1. The highest BCUT2D eigenvalue weighted by molar-refractivity contribution is 5.80. The molecule has 1 saturated heterocycles. The fraction of sp³-hybridized carbons (Fsp3) is 0.562. The van der Waals surface area contributed by atoms with Crippen LogP contribution in [-0.4, -0.2) is 74.0 Å². The largest absolute Gasteiger partial charge is 0.444 e. The summed E-state index contributed by atoms with van der Waals surface area (Å²) in [6.07, 6.45) is -2.89. The lowest BCUT2D eigenvalue weighted by Gasteiger charge is -2.35. The fourth-order valence-electron chi connectivity index (χ4n) is 6.06. The van der Waals surface area contributed by atoms with Crippen LogP contribution in [0.3, 0.4) is 0 Å². The summed E-state index contributed by atoms with van der Waals surface area (Å²) in [6, 6.07) is 10.8. The van der Waals surface area contributed by atoms with Crippen LogP contribution in [-0.2, 0) is 17.5 Å². The van der Waals surface area contributed by atoms with E-state index in [1.165, 1.54) is 12.1 Å². The van der Waals surface area contributed by atoms with Gasteiger partial charge in [0.15, 0.2) is 6.23 Å². The van der Waals surface area contributed by atoms with Gasteiger partial charge in [-0.2, -0.15) is 13.2 Å². The molecule has 5 rings (SSSR count). The SMILES string of the molecule is CC(C)(C)OC(=O)N1CCN(Cc2ccc3c(c2)nc(NC(O)c2cccc(C(F)(F)F)c2)n3C2CCC(CO)CC2)CC1. The van der Waals surface area contributed by atoms with E-state index in [-0.39, 0.29) is 30.2 Å². The number of nitrogens with zero attached hydrogens (tertiary/aromatic N) is 4. The van der Waals surface area contributed by atoms with E-state index in [1.807, 2.05) is 43.5 Å². The molecule has 2 aliphatic rings. The van der Waals surface area contributed by atoms with Gasteiger partial charge in [0.1, 0.15) is 5.60 Å². The van der Waals surface area contributed by atoms with E-state index in [0.29, 0.717) is 38.7 Å². The molecule has 44 heavy (non-hydrogen) atoms. The Labute approximate surface area is 255 Å². The number of ether oxygens (including phenoxy) is 1. The zero-order valence-electron chi connectivity index (χ0n) is 25.5. The molecule has 0 radical (unpaired) electrons.